The topological polar surface area (TPSA) is 77.9 Å². The van der Waals surface area contributed by atoms with E-state index in [2.05, 4.69) is 4.90 Å². The standard InChI is InChI=1S/C17H26N2O4S/c1-4-19(13(2)3)24(22,23)16-12-14(17(20)21)8-9-15(16)18-10-6-5-7-11-18/h8-9,12-13H,4-7,10-11H2,1-3H3,(H,20,21). The molecule has 0 saturated carbocycles. The van der Waals surface area contributed by atoms with Crippen molar-refractivity contribution in [1.29, 1.82) is 0 Å². The molecule has 1 heterocycles. The van der Waals surface area contributed by atoms with E-state index in [1.165, 1.54) is 16.4 Å². The van der Waals surface area contributed by atoms with Gasteiger partial charge in [-0.3, -0.25) is 0 Å². The zero-order valence-electron chi connectivity index (χ0n) is 14.5. The number of piperidine rings is 1. The summed E-state index contributed by atoms with van der Waals surface area (Å²) in [7, 11) is -3.76. The third-order valence-corrected chi connectivity index (χ3v) is 6.56. The van der Waals surface area contributed by atoms with Gasteiger partial charge < -0.3 is 10.0 Å². The third-order valence-electron chi connectivity index (χ3n) is 4.38. The maximum atomic E-state index is 13.1. The van der Waals surface area contributed by atoms with Crippen LogP contribution >= 0.6 is 0 Å². The van der Waals surface area contributed by atoms with E-state index in [0.29, 0.717) is 12.2 Å². The molecule has 24 heavy (non-hydrogen) atoms. The fourth-order valence-corrected chi connectivity index (χ4v) is 5.07. The van der Waals surface area contributed by atoms with Crippen LogP contribution in [0.3, 0.4) is 0 Å². The highest BCUT2D eigenvalue weighted by Gasteiger charge is 2.30. The van der Waals surface area contributed by atoms with E-state index in [-0.39, 0.29) is 16.5 Å². The van der Waals surface area contributed by atoms with Crippen LogP contribution in [0.25, 0.3) is 0 Å². The summed E-state index contributed by atoms with van der Waals surface area (Å²) in [6.45, 7) is 7.37. The van der Waals surface area contributed by atoms with Crippen molar-refractivity contribution in [2.24, 2.45) is 0 Å². The molecule has 0 aliphatic carbocycles. The fraction of sp³-hybridized carbons (Fsp3) is 0.588. The van der Waals surface area contributed by atoms with Crippen molar-refractivity contribution in [3.8, 4) is 0 Å². The molecule has 0 atom stereocenters. The van der Waals surface area contributed by atoms with Crippen LogP contribution in [0.4, 0.5) is 5.69 Å². The molecule has 2 rings (SSSR count). The highest BCUT2D eigenvalue weighted by atomic mass is 32.2. The van der Waals surface area contributed by atoms with Crippen molar-refractivity contribution in [3.63, 3.8) is 0 Å². The minimum atomic E-state index is -3.76. The maximum absolute atomic E-state index is 13.1. The van der Waals surface area contributed by atoms with E-state index in [4.69, 9.17) is 0 Å². The molecule has 0 amide bonds. The Hall–Kier alpha value is -1.60. The summed E-state index contributed by atoms with van der Waals surface area (Å²) in [4.78, 5) is 13.5. The summed E-state index contributed by atoms with van der Waals surface area (Å²) in [6.07, 6.45) is 3.17. The molecule has 1 aromatic carbocycles. The van der Waals surface area contributed by atoms with E-state index in [0.717, 1.165) is 32.4 Å². The lowest BCUT2D eigenvalue weighted by Gasteiger charge is -2.32. The second kappa shape index (κ2) is 7.53. The number of hydrogen-bond acceptors (Lipinski definition) is 4. The minimum absolute atomic E-state index is 0.00542. The van der Waals surface area contributed by atoms with Crippen LogP contribution in [0.5, 0.6) is 0 Å². The molecule has 0 radical (unpaired) electrons. The lowest BCUT2D eigenvalue weighted by atomic mass is 10.1. The quantitative estimate of drug-likeness (QED) is 0.850. The normalized spacial score (nSPS) is 16.0. The number of hydrogen-bond donors (Lipinski definition) is 1. The van der Waals surface area contributed by atoms with Crippen LogP contribution in [0, 0.1) is 0 Å². The summed E-state index contributed by atoms with van der Waals surface area (Å²) in [6, 6.07) is 4.22. The van der Waals surface area contributed by atoms with Gasteiger partial charge in [0.05, 0.1) is 11.3 Å². The van der Waals surface area contributed by atoms with Crippen molar-refractivity contribution in [3.05, 3.63) is 23.8 Å². The fourth-order valence-electron chi connectivity index (χ4n) is 3.19. The second-order valence-corrected chi connectivity index (χ2v) is 8.20. The summed E-state index contributed by atoms with van der Waals surface area (Å²) >= 11 is 0. The third kappa shape index (κ3) is 3.72. The Balaban J connectivity index is 2.59. The highest BCUT2D eigenvalue weighted by Crippen LogP contribution is 2.31. The summed E-state index contributed by atoms with van der Waals surface area (Å²) in [5, 5.41) is 9.26. The molecule has 134 valence electrons. The summed E-state index contributed by atoms with van der Waals surface area (Å²) < 4.78 is 27.7. The van der Waals surface area contributed by atoms with Crippen molar-refractivity contribution in [1.82, 2.24) is 4.31 Å². The van der Waals surface area contributed by atoms with Crippen molar-refractivity contribution in [2.75, 3.05) is 24.5 Å². The van der Waals surface area contributed by atoms with Crippen molar-refractivity contribution < 1.29 is 18.3 Å². The largest absolute Gasteiger partial charge is 0.478 e. The smallest absolute Gasteiger partial charge is 0.335 e. The van der Waals surface area contributed by atoms with Gasteiger partial charge in [0, 0.05) is 25.7 Å². The van der Waals surface area contributed by atoms with Gasteiger partial charge in [-0.25, -0.2) is 13.2 Å². The molecule has 1 fully saturated rings. The first-order valence-electron chi connectivity index (χ1n) is 8.43. The maximum Gasteiger partial charge on any atom is 0.335 e. The first-order valence-corrected chi connectivity index (χ1v) is 9.87. The van der Waals surface area contributed by atoms with E-state index in [9.17, 15) is 18.3 Å². The molecule has 6 nitrogen and oxygen atoms in total. The predicted molar refractivity (Wildman–Crippen MR) is 94.2 cm³/mol. The van der Waals surface area contributed by atoms with Gasteiger partial charge in [-0.15, -0.1) is 0 Å². The van der Waals surface area contributed by atoms with Gasteiger partial charge >= 0.3 is 5.97 Å². The molecule has 0 spiro atoms. The molecule has 1 aliphatic heterocycles. The van der Waals surface area contributed by atoms with Gasteiger partial charge in [0.1, 0.15) is 4.90 Å². The first-order chi connectivity index (χ1) is 11.3. The Morgan fingerprint density at radius 1 is 1.25 bits per heavy atom. The Kier molecular flexibility index (Phi) is 5.87. The number of nitrogens with zero attached hydrogens (tertiary/aromatic N) is 2. The SMILES string of the molecule is CCN(C(C)C)S(=O)(=O)c1cc(C(=O)O)ccc1N1CCCCC1. The molecule has 7 heteroatoms. The van der Waals surface area contributed by atoms with Crippen LogP contribution in [0.1, 0.15) is 50.4 Å². The molecule has 0 aromatic heterocycles. The van der Waals surface area contributed by atoms with Gasteiger partial charge in [-0.05, 0) is 51.3 Å². The van der Waals surface area contributed by atoms with Crippen LogP contribution in [-0.4, -0.2) is 49.5 Å². The number of carboxylic acid groups (broad SMARTS) is 1. The Morgan fingerprint density at radius 3 is 2.38 bits per heavy atom. The molecule has 1 saturated heterocycles. The Morgan fingerprint density at radius 2 is 1.88 bits per heavy atom. The average molecular weight is 354 g/mol. The van der Waals surface area contributed by atoms with Gasteiger partial charge in [0.15, 0.2) is 0 Å². The first kappa shape index (κ1) is 18.7. The van der Waals surface area contributed by atoms with Gasteiger partial charge in [-0.2, -0.15) is 4.31 Å². The Labute approximate surface area is 144 Å². The van der Waals surface area contributed by atoms with E-state index in [1.54, 1.807) is 13.0 Å². The minimum Gasteiger partial charge on any atom is -0.478 e. The molecule has 1 aromatic rings. The van der Waals surface area contributed by atoms with Crippen LogP contribution < -0.4 is 4.90 Å². The van der Waals surface area contributed by atoms with Gasteiger partial charge in [0.25, 0.3) is 0 Å². The summed E-state index contributed by atoms with van der Waals surface area (Å²) in [5.41, 5.74) is 0.605. The molecular weight excluding hydrogens is 328 g/mol. The molecule has 1 aliphatic rings. The van der Waals surface area contributed by atoms with Gasteiger partial charge in [-0.1, -0.05) is 6.92 Å². The zero-order chi connectivity index (χ0) is 17.9. The lowest BCUT2D eigenvalue weighted by Crippen LogP contribution is -2.38. The van der Waals surface area contributed by atoms with Crippen molar-refractivity contribution in [2.45, 2.75) is 51.0 Å². The van der Waals surface area contributed by atoms with Crippen LogP contribution in [0.15, 0.2) is 23.1 Å². The van der Waals surface area contributed by atoms with E-state index in [1.807, 2.05) is 13.8 Å². The Bertz CT molecular complexity index is 695. The average Bonchev–Trinajstić information content (AvgIpc) is 2.55. The second-order valence-electron chi connectivity index (χ2n) is 6.34. The van der Waals surface area contributed by atoms with E-state index >= 15 is 0 Å². The number of aromatic carboxylic acids is 1. The van der Waals surface area contributed by atoms with Crippen molar-refractivity contribution >= 4 is 21.7 Å². The van der Waals surface area contributed by atoms with E-state index < -0.39 is 16.0 Å². The number of sulfonamides is 1. The molecular formula is C17H26N2O4S. The highest BCUT2D eigenvalue weighted by molar-refractivity contribution is 7.89. The molecule has 1 N–H and O–H groups in total. The van der Waals surface area contributed by atoms with Crippen LogP contribution in [0.2, 0.25) is 0 Å². The number of benzene rings is 1. The predicted octanol–water partition coefficient (Wildman–Crippen LogP) is 2.79. The molecule has 0 bridgehead atoms. The monoisotopic (exact) mass is 354 g/mol. The number of carbonyl (C=O) groups is 1. The van der Waals surface area contributed by atoms with Crippen LogP contribution in [-0.2, 0) is 10.0 Å². The number of anilines is 1. The van der Waals surface area contributed by atoms with Gasteiger partial charge in [0.2, 0.25) is 10.0 Å². The summed E-state index contributed by atoms with van der Waals surface area (Å²) in [5.74, 6) is -1.12. The molecule has 0 unspecified atom stereocenters. The number of carboxylic acids is 1. The number of rotatable bonds is 6. The zero-order valence-corrected chi connectivity index (χ0v) is 15.3. The lowest BCUT2D eigenvalue weighted by molar-refractivity contribution is 0.0696.